The molecule has 0 bridgehead atoms. The van der Waals surface area contributed by atoms with Crippen LogP contribution in [-0.4, -0.2) is 17.8 Å². The third kappa shape index (κ3) is 8.51. The average molecular weight is 203 g/mol. The minimum atomic E-state index is -1.01. The molecule has 0 saturated carbocycles. The molecule has 0 amide bonds. The van der Waals surface area contributed by atoms with E-state index < -0.39 is 17.8 Å². The van der Waals surface area contributed by atoms with Gasteiger partial charge in [-0.3, -0.25) is 9.63 Å². The van der Waals surface area contributed by atoms with Gasteiger partial charge in [-0.2, -0.15) is 0 Å². The summed E-state index contributed by atoms with van der Waals surface area (Å²) in [5.74, 6) is -0.507. The summed E-state index contributed by atoms with van der Waals surface area (Å²) in [7, 11) is 0. The summed E-state index contributed by atoms with van der Waals surface area (Å²) in [4.78, 5) is 24.3. The molecule has 0 heterocycles. The number of allylic oxidation sites excluding steroid dienone is 2. The number of ether oxygens (including phenoxy) is 1. The minimum absolute atomic E-state index is 0.206. The molecule has 0 aromatic rings. The maximum absolute atomic E-state index is 10.8. The average Bonchev–Trinajstić information content (AvgIpc) is 2.12. The van der Waals surface area contributed by atoms with Crippen LogP contribution in [0.2, 0.25) is 0 Å². The zero-order valence-corrected chi connectivity index (χ0v) is 7.97. The van der Waals surface area contributed by atoms with Crippen molar-refractivity contribution in [1.29, 1.82) is 0 Å². The molecule has 0 rings (SSSR count). The van der Waals surface area contributed by atoms with Gasteiger partial charge in [-0.25, -0.2) is 0 Å². The first-order chi connectivity index (χ1) is 6.66. The fourth-order valence-corrected chi connectivity index (χ4v) is 0.693. The van der Waals surface area contributed by atoms with Crippen LogP contribution in [0, 0.1) is 10.1 Å². The van der Waals surface area contributed by atoms with Crippen molar-refractivity contribution >= 4 is 5.97 Å². The van der Waals surface area contributed by atoms with Crippen LogP contribution in [0.4, 0.5) is 0 Å². The molecule has 0 aromatic heterocycles. The molecular weight excluding hydrogens is 190 g/mol. The first kappa shape index (κ1) is 12.4. The highest BCUT2D eigenvalue weighted by Gasteiger charge is 2.02. The molecule has 6 heteroatoms. The summed E-state index contributed by atoms with van der Waals surface area (Å²) in [6.07, 6.45) is 5.48. The van der Waals surface area contributed by atoms with Gasteiger partial charge in [0.25, 0.3) is 5.09 Å². The van der Waals surface area contributed by atoms with E-state index in [1.165, 1.54) is 0 Å². The van der Waals surface area contributed by atoms with Crippen LogP contribution < -0.4 is 0 Å². The quantitative estimate of drug-likeness (QED) is 0.206. The fraction of sp³-hybridized carbons (Fsp3) is 0.625. The summed E-state index contributed by atoms with van der Waals surface area (Å²) in [6.45, 7) is 1.35. The number of carbonyl (C=O) groups is 1. The minimum Gasteiger partial charge on any atom is -0.438 e. The number of nitrogens with zero attached hydrogens (tertiary/aromatic N) is 1. The molecule has 0 aliphatic carbocycles. The van der Waals surface area contributed by atoms with Crippen LogP contribution in [0.25, 0.3) is 0 Å². The second-order valence-electron chi connectivity index (χ2n) is 2.41. The van der Waals surface area contributed by atoms with Gasteiger partial charge in [-0.15, -0.1) is 10.1 Å². The third-order valence-corrected chi connectivity index (χ3v) is 1.30. The maximum atomic E-state index is 10.8. The highest BCUT2D eigenvalue weighted by molar-refractivity contribution is 5.69. The van der Waals surface area contributed by atoms with Gasteiger partial charge in [0.1, 0.15) is 0 Å². The van der Waals surface area contributed by atoms with Gasteiger partial charge in [0, 0.05) is 6.42 Å². The lowest BCUT2D eigenvalue weighted by Gasteiger charge is -2.00. The van der Waals surface area contributed by atoms with Crippen LogP contribution in [0.5, 0.6) is 0 Å². The SMILES string of the molecule is CC/C=C\CCC(=O)OCO[N+](=O)[O-]. The van der Waals surface area contributed by atoms with Crippen molar-refractivity contribution in [3.63, 3.8) is 0 Å². The van der Waals surface area contributed by atoms with Crippen molar-refractivity contribution in [2.45, 2.75) is 26.2 Å². The maximum Gasteiger partial charge on any atom is 0.307 e. The van der Waals surface area contributed by atoms with E-state index in [2.05, 4.69) is 9.57 Å². The molecule has 0 aromatic carbocycles. The Kier molecular flexibility index (Phi) is 7.12. The molecule has 0 N–H and O–H groups in total. The molecule has 0 aliphatic rings. The highest BCUT2D eigenvalue weighted by Crippen LogP contribution is 1.95. The molecule has 0 aliphatic heterocycles. The number of rotatable bonds is 7. The molecule has 0 fully saturated rings. The number of hydrogen-bond donors (Lipinski definition) is 0. The van der Waals surface area contributed by atoms with Crippen molar-refractivity contribution in [3.05, 3.63) is 22.3 Å². The molecule has 6 nitrogen and oxygen atoms in total. The number of carbonyl (C=O) groups excluding carboxylic acids is 1. The lowest BCUT2D eigenvalue weighted by molar-refractivity contribution is -0.765. The van der Waals surface area contributed by atoms with E-state index in [1.807, 2.05) is 19.1 Å². The normalized spacial score (nSPS) is 10.1. The molecular formula is C8H13NO5. The third-order valence-electron chi connectivity index (χ3n) is 1.30. The van der Waals surface area contributed by atoms with Gasteiger partial charge >= 0.3 is 5.97 Å². The zero-order chi connectivity index (χ0) is 10.8. The molecule has 80 valence electrons. The topological polar surface area (TPSA) is 78.7 Å². The standard InChI is InChI=1S/C8H13NO5/c1-2-3-4-5-6-8(10)13-7-14-9(11)12/h3-4H,2,5-7H2,1H3/b4-3-. The van der Waals surface area contributed by atoms with E-state index in [0.717, 1.165) is 6.42 Å². The van der Waals surface area contributed by atoms with E-state index in [-0.39, 0.29) is 6.42 Å². The van der Waals surface area contributed by atoms with Crippen LogP contribution in [-0.2, 0) is 14.4 Å². The smallest absolute Gasteiger partial charge is 0.307 e. The molecule has 0 atom stereocenters. The summed E-state index contributed by atoms with van der Waals surface area (Å²) in [5, 5.41) is 8.65. The Hall–Kier alpha value is -1.59. The summed E-state index contributed by atoms with van der Waals surface area (Å²) in [6, 6.07) is 0. The van der Waals surface area contributed by atoms with E-state index in [9.17, 15) is 14.9 Å². The molecule has 14 heavy (non-hydrogen) atoms. The summed E-state index contributed by atoms with van der Waals surface area (Å²) in [5.41, 5.74) is 0. The molecule has 0 unspecified atom stereocenters. The van der Waals surface area contributed by atoms with Crippen molar-refractivity contribution in [2.75, 3.05) is 6.79 Å². The Labute approximate surface area is 81.6 Å². The first-order valence-electron chi connectivity index (χ1n) is 4.24. The van der Waals surface area contributed by atoms with Gasteiger partial charge in [-0.1, -0.05) is 19.1 Å². The van der Waals surface area contributed by atoms with E-state index in [4.69, 9.17) is 0 Å². The Morgan fingerprint density at radius 2 is 2.21 bits per heavy atom. The van der Waals surface area contributed by atoms with Gasteiger partial charge in [0.2, 0.25) is 6.79 Å². The molecule has 0 saturated heterocycles. The summed E-state index contributed by atoms with van der Waals surface area (Å²) >= 11 is 0. The van der Waals surface area contributed by atoms with Crippen LogP contribution in [0.3, 0.4) is 0 Å². The number of esters is 1. The van der Waals surface area contributed by atoms with Crippen LogP contribution >= 0.6 is 0 Å². The zero-order valence-electron chi connectivity index (χ0n) is 7.97. The van der Waals surface area contributed by atoms with Crippen molar-refractivity contribution in [1.82, 2.24) is 0 Å². The fourth-order valence-electron chi connectivity index (χ4n) is 0.693. The Morgan fingerprint density at radius 3 is 2.79 bits per heavy atom. The van der Waals surface area contributed by atoms with E-state index in [1.54, 1.807) is 0 Å². The van der Waals surface area contributed by atoms with E-state index in [0.29, 0.717) is 6.42 Å². The van der Waals surface area contributed by atoms with Crippen LogP contribution in [0.15, 0.2) is 12.2 Å². The summed E-state index contributed by atoms with van der Waals surface area (Å²) < 4.78 is 4.40. The van der Waals surface area contributed by atoms with E-state index >= 15 is 0 Å². The Balaban J connectivity index is 3.37. The largest absolute Gasteiger partial charge is 0.438 e. The Morgan fingerprint density at radius 1 is 1.50 bits per heavy atom. The van der Waals surface area contributed by atoms with Gasteiger partial charge in [0.05, 0.1) is 0 Å². The molecule has 0 spiro atoms. The lowest BCUT2D eigenvalue weighted by Crippen LogP contribution is -2.10. The molecule has 0 radical (unpaired) electrons. The Bertz CT molecular complexity index is 214. The van der Waals surface area contributed by atoms with Gasteiger partial charge < -0.3 is 4.74 Å². The predicted octanol–water partition coefficient (Wildman–Crippen LogP) is 1.44. The number of hydrogen-bond acceptors (Lipinski definition) is 5. The second-order valence-corrected chi connectivity index (χ2v) is 2.41. The van der Waals surface area contributed by atoms with Crippen molar-refractivity contribution in [2.24, 2.45) is 0 Å². The predicted molar refractivity (Wildman–Crippen MR) is 47.7 cm³/mol. The van der Waals surface area contributed by atoms with Crippen LogP contribution in [0.1, 0.15) is 26.2 Å². The lowest BCUT2D eigenvalue weighted by atomic mass is 10.3. The highest BCUT2D eigenvalue weighted by atomic mass is 17.0. The van der Waals surface area contributed by atoms with Crippen molar-refractivity contribution < 1.29 is 19.5 Å². The monoisotopic (exact) mass is 203 g/mol. The first-order valence-corrected chi connectivity index (χ1v) is 4.24. The van der Waals surface area contributed by atoms with Gasteiger partial charge in [0.15, 0.2) is 0 Å². The second kappa shape index (κ2) is 8.03. The van der Waals surface area contributed by atoms with Crippen molar-refractivity contribution in [3.8, 4) is 0 Å². The van der Waals surface area contributed by atoms with Gasteiger partial charge in [-0.05, 0) is 12.8 Å².